The summed E-state index contributed by atoms with van der Waals surface area (Å²) in [6.07, 6.45) is 0. The van der Waals surface area contributed by atoms with Crippen molar-refractivity contribution in [2.75, 3.05) is 39.8 Å². The van der Waals surface area contributed by atoms with Gasteiger partial charge in [-0.25, -0.2) is 4.39 Å². The molecule has 1 aliphatic heterocycles. The van der Waals surface area contributed by atoms with Crippen molar-refractivity contribution < 1.29 is 9.18 Å². The van der Waals surface area contributed by atoms with Crippen molar-refractivity contribution >= 4 is 5.91 Å². The lowest BCUT2D eigenvalue weighted by Gasteiger charge is -2.36. The lowest BCUT2D eigenvalue weighted by atomic mass is 10.2. The monoisotopic (exact) mass is 279 g/mol. The second kappa shape index (κ2) is 6.81. The van der Waals surface area contributed by atoms with E-state index in [0.29, 0.717) is 18.2 Å². The van der Waals surface area contributed by atoms with Crippen LogP contribution >= 0.6 is 0 Å². The Morgan fingerprint density at radius 3 is 2.70 bits per heavy atom. The second-order valence-electron chi connectivity index (χ2n) is 5.41. The predicted molar refractivity (Wildman–Crippen MR) is 77.3 cm³/mol. The van der Waals surface area contributed by atoms with Gasteiger partial charge in [0.15, 0.2) is 0 Å². The number of hydrogen-bond donors (Lipinski definition) is 1. The lowest BCUT2D eigenvalue weighted by Crippen LogP contribution is -2.51. The first kappa shape index (κ1) is 14.9. The van der Waals surface area contributed by atoms with Crippen molar-refractivity contribution in [2.24, 2.45) is 0 Å². The van der Waals surface area contributed by atoms with E-state index in [0.717, 1.165) is 26.2 Å². The quantitative estimate of drug-likeness (QED) is 0.899. The zero-order valence-electron chi connectivity index (χ0n) is 12.1. The van der Waals surface area contributed by atoms with Gasteiger partial charge >= 0.3 is 0 Å². The predicted octanol–water partition coefficient (Wildman–Crippen LogP) is 1.19. The Morgan fingerprint density at radius 1 is 1.35 bits per heavy atom. The minimum atomic E-state index is -0.384. The molecule has 0 aromatic heterocycles. The highest BCUT2D eigenvalue weighted by Gasteiger charge is 2.19. The number of amides is 1. The van der Waals surface area contributed by atoms with Crippen LogP contribution in [0.15, 0.2) is 24.3 Å². The number of likely N-dealkylation sites (N-methyl/N-ethyl adjacent to an activating group) is 1. The Kier molecular flexibility index (Phi) is 5.09. The Hall–Kier alpha value is -1.46. The van der Waals surface area contributed by atoms with Gasteiger partial charge in [-0.1, -0.05) is 6.07 Å². The zero-order chi connectivity index (χ0) is 14.5. The smallest absolute Gasteiger partial charge is 0.251 e. The summed E-state index contributed by atoms with van der Waals surface area (Å²) in [5.74, 6) is -0.602. The summed E-state index contributed by atoms with van der Waals surface area (Å²) in [5, 5.41) is 2.87. The molecular formula is C15H22FN3O. The van der Waals surface area contributed by atoms with E-state index in [2.05, 4.69) is 29.1 Å². The minimum Gasteiger partial charge on any atom is -0.350 e. The van der Waals surface area contributed by atoms with Crippen LogP contribution in [0.2, 0.25) is 0 Å². The highest BCUT2D eigenvalue weighted by Crippen LogP contribution is 2.06. The average molecular weight is 279 g/mol. The number of nitrogens with one attached hydrogen (secondary N) is 1. The van der Waals surface area contributed by atoms with Crippen LogP contribution in [0.3, 0.4) is 0 Å². The molecule has 2 rings (SSSR count). The van der Waals surface area contributed by atoms with E-state index in [4.69, 9.17) is 0 Å². The summed E-state index contributed by atoms with van der Waals surface area (Å²) in [7, 11) is 2.12. The Balaban J connectivity index is 1.81. The molecule has 1 atom stereocenters. The summed E-state index contributed by atoms with van der Waals surface area (Å²) in [4.78, 5) is 16.6. The lowest BCUT2D eigenvalue weighted by molar-refractivity contribution is 0.0903. The topological polar surface area (TPSA) is 35.6 Å². The van der Waals surface area contributed by atoms with Gasteiger partial charge in [-0.3, -0.25) is 9.69 Å². The van der Waals surface area contributed by atoms with Crippen LogP contribution in [0, 0.1) is 5.82 Å². The zero-order valence-corrected chi connectivity index (χ0v) is 12.1. The highest BCUT2D eigenvalue weighted by molar-refractivity contribution is 5.94. The van der Waals surface area contributed by atoms with E-state index >= 15 is 0 Å². The number of nitrogens with zero attached hydrogens (tertiary/aromatic N) is 2. The highest BCUT2D eigenvalue weighted by atomic mass is 19.1. The van der Waals surface area contributed by atoms with Crippen molar-refractivity contribution in [1.82, 2.24) is 15.1 Å². The first-order valence-electron chi connectivity index (χ1n) is 7.02. The minimum absolute atomic E-state index is 0.217. The SMILES string of the molecule is C[C@@H](CNC(=O)c1cccc(F)c1)N1CCN(C)CC1. The molecule has 0 radical (unpaired) electrons. The van der Waals surface area contributed by atoms with Crippen molar-refractivity contribution in [3.05, 3.63) is 35.6 Å². The molecule has 1 aromatic rings. The molecule has 20 heavy (non-hydrogen) atoms. The molecule has 1 heterocycles. The summed E-state index contributed by atoms with van der Waals surface area (Å²) in [6.45, 7) is 6.85. The van der Waals surface area contributed by atoms with Crippen LogP contribution in [-0.2, 0) is 0 Å². The second-order valence-corrected chi connectivity index (χ2v) is 5.41. The normalized spacial score (nSPS) is 18.8. The standard InChI is InChI=1S/C15H22FN3O/c1-12(19-8-6-18(2)7-9-19)11-17-15(20)13-4-3-5-14(16)10-13/h3-5,10,12H,6-9,11H2,1-2H3,(H,17,20)/t12-/m0/s1. The van der Waals surface area contributed by atoms with Crippen LogP contribution in [0.5, 0.6) is 0 Å². The largest absolute Gasteiger partial charge is 0.350 e. The Morgan fingerprint density at radius 2 is 2.05 bits per heavy atom. The van der Waals surface area contributed by atoms with Gasteiger partial charge in [0, 0.05) is 44.3 Å². The van der Waals surface area contributed by atoms with Gasteiger partial charge in [-0.2, -0.15) is 0 Å². The maximum absolute atomic E-state index is 13.1. The molecule has 0 saturated carbocycles. The fraction of sp³-hybridized carbons (Fsp3) is 0.533. The molecule has 0 bridgehead atoms. The van der Waals surface area contributed by atoms with Crippen molar-refractivity contribution in [3.8, 4) is 0 Å². The molecule has 1 aliphatic rings. The first-order valence-corrected chi connectivity index (χ1v) is 7.02. The number of benzene rings is 1. The van der Waals surface area contributed by atoms with Crippen molar-refractivity contribution in [1.29, 1.82) is 0 Å². The number of halogens is 1. The third-order valence-electron chi connectivity index (χ3n) is 3.81. The molecule has 1 aromatic carbocycles. The molecule has 1 N–H and O–H groups in total. The fourth-order valence-electron chi connectivity index (χ4n) is 2.36. The number of carbonyl (C=O) groups is 1. The first-order chi connectivity index (χ1) is 9.56. The van der Waals surface area contributed by atoms with E-state index in [1.165, 1.54) is 12.1 Å². The van der Waals surface area contributed by atoms with Gasteiger partial charge < -0.3 is 10.2 Å². The molecule has 1 amide bonds. The van der Waals surface area contributed by atoms with E-state index in [-0.39, 0.29) is 11.7 Å². The summed E-state index contributed by atoms with van der Waals surface area (Å²) in [5.41, 5.74) is 0.371. The van der Waals surface area contributed by atoms with Crippen LogP contribution in [-0.4, -0.2) is 61.5 Å². The molecular weight excluding hydrogens is 257 g/mol. The van der Waals surface area contributed by atoms with Gasteiger partial charge in [-0.05, 0) is 32.2 Å². The van der Waals surface area contributed by atoms with Gasteiger partial charge in [-0.15, -0.1) is 0 Å². The third kappa shape index (κ3) is 4.02. The molecule has 110 valence electrons. The van der Waals surface area contributed by atoms with E-state index in [1.54, 1.807) is 12.1 Å². The average Bonchev–Trinajstić information content (AvgIpc) is 2.45. The van der Waals surface area contributed by atoms with Crippen molar-refractivity contribution in [2.45, 2.75) is 13.0 Å². The van der Waals surface area contributed by atoms with Crippen LogP contribution in [0.4, 0.5) is 4.39 Å². The molecule has 5 heteroatoms. The van der Waals surface area contributed by atoms with Crippen LogP contribution in [0.1, 0.15) is 17.3 Å². The number of carbonyl (C=O) groups excluding carboxylic acids is 1. The number of piperazine rings is 1. The molecule has 1 fully saturated rings. The number of hydrogen-bond acceptors (Lipinski definition) is 3. The summed E-state index contributed by atoms with van der Waals surface area (Å²) in [6, 6.07) is 6.06. The third-order valence-corrected chi connectivity index (χ3v) is 3.81. The molecule has 4 nitrogen and oxygen atoms in total. The van der Waals surface area contributed by atoms with E-state index in [9.17, 15) is 9.18 Å². The molecule has 0 aliphatic carbocycles. The van der Waals surface area contributed by atoms with E-state index < -0.39 is 0 Å². The van der Waals surface area contributed by atoms with Crippen LogP contribution in [0.25, 0.3) is 0 Å². The van der Waals surface area contributed by atoms with Gasteiger partial charge in [0.05, 0.1) is 0 Å². The number of rotatable bonds is 4. The van der Waals surface area contributed by atoms with E-state index in [1.807, 2.05) is 0 Å². The fourth-order valence-corrected chi connectivity index (χ4v) is 2.36. The van der Waals surface area contributed by atoms with Crippen LogP contribution < -0.4 is 5.32 Å². The Bertz CT molecular complexity index is 458. The van der Waals surface area contributed by atoms with Crippen molar-refractivity contribution in [3.63, 3.8) is 0 Å². The van der Waals surface area contributed by atoms with Gasteiger partial charge in [0.2, 0.25) is 0 Å². The molecule has 0 unspecified atom stereocenters. The summed E-state index contributed by atoms with van der Waals surface area (Å²) >= 11 is 0. The molecule has 1 saturated heterocycles. The summed E-state index contributed by atoms with van der Waals surface area (Å²) < 4.78 is 13.1. The molecule has 0 spiro atoms. The van der Waals surface area contributed by atoms with Gasteiger partial charge in [0.25, 0.3) is 5.91 Å². The Labute approximate surface area is 119 Å². The maximum atomic E-state index is 13.1. The maximum Gasteiger partial charge on any atom is 0.251 e. The van der Waals surface area contributed by atoms with Gasteiger partial charge in [0.1, 0.15) is 5.82 Å².